The summed E-state index contributed by atoms with van der Waals surface area (Å²) in [4.78, 5) is 23.9. The normalized spacial score (nSPS) is 13.0. The molecule has 2 aromatic rings. The number of carbonyl (C=O) groups is 2. The Morgan fingerprint density at radius 1 is 1.04 bits per heavy atom. The van der Waals surface area contributed by atoms with Crippen LogP contribution < -0.4 is 10.6 Å². The molecule has 24 heavy (non-hydrogen) atoms. The summed E-state index contributed by atoms with van der Waals surface area (Å²) < 4.78 is 0. The fourth-order valence-corrected chi connectivity index (χ4v) is 2.38. The lowest BCUT2D eigenvalue weighted by Gasteiger charge is -2.23. The van der Waals surface area contributed by atoms with Gasteiger partial charge in [0.15, 0.2) is 0 Å². The highest BCUT2D eigenvalue weighted by atomic mass is 16.3. The molecule has 0 saturated heterocycles. The monoisotopic (exact) mass is 326 g/mol. The average molecular weight is 326 g/mol. The van der Waals surface area contributed by atoms with E-state index in [0.717, 1.165) is 0 Å². The molecule has 0 saturated carbocycles. The second-order valence-electron chi connectivity index (χ2n) is 5.80. The van der Waals surface area contributed by atoms with E-state index in [1.54, 1.807) is 43.3 Å². The quantitative estimate of drug-likeness (QED) is 0.763. The molecule has 5 nitrogen and oxygen atoms in total. The zero-order valence-electron chi connectivity index (χ0n) is 13.9. The zero-order valence-corrected chi connectivity index (χ0v) is 13.9. The highest BCUT2D eigenvalue weighted by Crippen LogP contribution is 2.24. The summed E-state index contributed by atoms with van der Waals surface area (Å²) in [5.41, 5.74) is 0.557. The molecule has 0 aliphatic carbocycles. The van der Waals surface area contributed by atoms with Crippen molar-refractivity contribution in [3.8, 4) is 0 Å². The first-order valence-corrected chi connectivity index (χ1v) is 7.88. The fraction of sp³-hybridized carbons (Fsp3) is 0.263. The lowest BCUT2D eigenvalue weighted by Crippen LogP contribution is -2.28. The zero-order chi connectivity index (χ0) is 17.6. The van der Waals surface area contributed by atoms with Crippen molar-refractivity contribution in [2.24, 2.45) is 0 Å². The van der Waals surface area contributed by atoms with Crippen LogP contribution >= 0.6 is 0 Å². The van der Waals surface area contributed by atoms with E-state index in [-0.39, 0.29) is 18.2 Å². The van der Waals surface area contributed by atoms with Gasteiger partial charge in [-0.1, -0.05) is 30.3 Å². The number of carbonyl (C=O) groups excluding carboxylic acids is 2. The molecule has 2 amide bonds. The van der Waals surface area contributed by atoms with E-state index in [0.29, 0.717) is 23.4 Å². The molecule has 0 aromatic heterocycles. The molecule has 5 heteroatoms. The predicted molar refractivity (Wildman–Crippen MR) is 93.7 cm³/mol. The second kappa shape index (κ2) is 7.75. The first kappa shape index (κ1) is 17.7. The fourth-order valence-electron chi connectivity index (χ4n) is 2.38. The van der Waals surface area contributed by atoms with Gasteiger partial charge in [-0.15, -0.1) is 0 Å². The first-order chi connectivity index (χ1) is 11.4. The van der Waals surface area contributed by atoms with Gasteiger partial charge in [0.1, 0.15) is 0 Å². The molecule has 3 N–H and O–H groups in total. The number of benzene rings is 2. The van der Waals surface area contributed by atoms with Gasteiger partial charge in [0.2, 0.25) is 5.91 Å². The van der Waals surface area contributed by atoms with E-state index >= 15 is 0 Å². The number of rotatable bonds is 6. The Labute approximate surface area is 141 Å². The van der Waals surface area contributed by atoms with E-state index < -0.39 is 5.60 Å². The lowest BCUT2D eigenvalue weighted by atomic mass is 9.92. The van der Waals surface area contributed by atoms with Crippen LogP contribution in [0.5, 0.6) is 0 Å². The predicted octanol–water partition coefficient (Wildman–Crippen LogP) is 2.67. The van der Waals surface area contributed by atoms with Crippen molar-refractivity contribution in [2.45, 2.75) is 25.9 Å². The molecule has 126 valence electrons. The van der Waals surface area contributed by atoms with Crippen LogP contribution in [0.3, 0.4) is 0 Å². The van der Waals surface area contributed by atoms with Crippen molar-refractivity contribution < 1.29 is 14.7 Å². The van der Waals surface area contributed by atoms with E-state index in [4.69, 9.17) is 0 Å². The molecule has 2 rings (SSSR count). The summed E-state index contributed by atoms with van der Waals surface area (Å²) in [7, 11) is 0. The summed E-state index contributed by atoms with van der Waals surface area (Å²) >= 11 is 0. The van der Waals surface area contributed by atoms with Gasteiger partial charge in [-0.2, -0.15) is 0 Å². The van der Waals surface area contributed by atoms with E-state index in [1.165, 1.54) is 0 Å². The van der Waals surface area contributed by atoms with Crippen LogP contribution in [0, 0.1) is 0 Å². The molecular formula is C19H22N2O3. The van der Waals surface area contributed by atoms with Gasteiger partial charge in [-0.25, -0.2) is 0 Å². The van der Waals surface area contributed by atoms with Gasteiger partial charge in [-0.05, 0) is 43.7 Å². The van der Waals surface area contributed by atoms with Gasteiger partial charge >= 0.3 is 0 Å². The SMILES string of the molecule is CCNC(=O)c1ccc(NC(=O)CC(C)(O)c2ccccc2)cc1. The first-order valence-electron chi connectivity index (χ1n) is 7.88. The summed E-state index contributed by atoms with van der Waals surface area (Å²) in [6.45, 7) is 4.02. The summed E-state index contributed by atoms with van der Waals surface area (Å²) in [6.07, 6.45) is -0.0604. The average Bonchev–Trinajstić information content (AvgIpc) is 2.56. The van der Waals surface area contributed by atoms with Gasteiger partial charge in [0.05, 0.1) is 12.0 Å². The van der Waals surface area contributed by atoms with Crippen molar-refractivity contribution >= 4 is 17.5 Å². The maximum atomic E-state index is 12.2. The molecule has 0 bridgehead atoms. The summed E-state index contributed by atoms with van der Waals surface area (Å²) in [6, 6.07) is 15.7. The Balaban J connectivity index is 1.98. The summed E-state index contributed by atoms with van der Waals surface area (Å²) in [5.74, 6) is -0.447. The molecule has 1 unspecified atom stereocenters. The molecular weight excluding hydrogens is 304 g/mol. The van der Waals surface area contributed by atoms with Crippen LogP contribution in [-0.2, 0) is 10.4 Å². The summed E-state index contributed by atoms with van der Waals surface area (Å²) in [5, 5.41) is 15.9. The molecule has 0 spiro atoms. The smallest absolute Gasteiger partial charge is 0.251 e. The number of anilines is 1. The van der Waals surface area contributed by atoms with Crippen molar-refractivity contribution in [3.63, 3.8) is 0 Å². The van der Waals surface area contributed by atoms with E-state index in [1.807, 2.05) is 25.1 Å². The Bertz CT molecular complexity index is 694. The largest absolute Gasteiger partial charge is 0.385 e. The van der Waals surface area contributed by atoms with Crippen LogP contribution in [0.2, 0.25) is 0 Å². The molecule has 0 heterocycles. The maximum Gasteiger partial charge on any atom is 0.251 e. The third-order valence-electron chi connectivity index (χ3n) is 3.67. The standard InChI is InChI=1S/C19H22N2O3/c1-3-20-18(23)14-9-11-16(12-10-14)21-17(22)13-19(2,24)15-7-5-4-6-8-15/h4-12,24H,3,13H2,1-2H3,(H,20,23)(H,21,22). The van der Waals surface area contributed by atoms with Crippen LogP contribution in [0.25, 0.3) is 0 Å². The minimum Gasteiger partial charge on any atom is -0.385 e. The van der Waals surface area contributed by atoms with Crippen LogP contribution in [-0.4, -0.2) is 23.5 Å². The Morgan fingerprint density at radius 3 is 2.25 bits per heavy atom. The number of hydrogen-bond acceptors (Lipinski definition) is 3. The Hall–Kier alpha value is -2.66. The lowest BCUT2D eigenvalue weighted by molar-refractivity contribution is -0.120. The molecule has 1 atom stereocenters. The third kappa shape index (κ3) is 4.67. The van der Waals surface area contributed by atoms with Crippen LogP contribution in [0.1, 0.15) is 36.2 Å². The highest BCUT2D eigenvalue weighted by molar-refractivity contribution is 5.95. The third-order valence-corrected chi connectivity index (χ3v) is 3.67. The molecule has 0 radical (unpaired) electrons. The second-order valence-corrected chi connectivity index (χ2v) is 5.80. The topological polar surface area (TPSA) is 78.4 Å². The van der Waals surface area contributed by atoms with E-state index in [2.05, 4.69) is 10.6 Å². The highest BCUT2D eigenvalue weighted by Gasteiger charge is 2.26. The maximum absolute atomic E-state index is 12.2. The van der Waals surface area contributed by atoms with Gasteiger partial charge in [0.25, 0.3) is 5.91 Å². The van der Waals surface area contributed by atoms with Crippen molar-refractivity contribution in [3.05, 3.63) is 65.7 Å². The van der Waals surface area contributed by atoms with Crippen LogP contribution in [0.15, 0.2) is 54.6 Å². The minimum absolute atomic E-state index is 0.0604. The van der Waals surface area contributed by atoms with Crippen molar-refractivity contribution in [2.75, 3.05) is 11.9 Å². The molecule has 0 aliphatic rings. The Kier molecular flexibility index (Phi) is 5.71. The number of hydrogen-bond donors (Lipinski definition) is 3. The van der Waals surface area contributed by atoms with Crippen molar-refractivity contribution in [1.82, 2.24) is 5.32 Å². The molecule has 2 aromatic carbocycles. The number of aliphatic hydroxyl groups is 1. The van der Waals surface area contributed by atoms with Crippen LogP contribution in [0.4, 0.5) is 5.69 Å². The van der Waals surface area contributed by atoms with Gasteiger partial charge in [0, 0.05) is 17.8 Å². The Morgan fingerprint density at radius 2 is 1.67 bits per heavy atom. The van der Waals surface area contributed by atoms with Gasteiger partial charge in [-0.3, -0.25) is 9.59 Å². The molecule has 0 aliphatic heterocycles. The van der Waals surface area contributed by atoms with Crippen molar-refractivity contribution in [1.29, 1.82) is 0 Å². The minimum atomic E-state index is -1.24. The number of amides is 2. The van der Waals surface area contributed by atoms with E-state index in [9.17, 15) is 14.7 Å². The number of nitrogens with one attached hydrogen (secondary N) is 2. The molecule has 0 fully saturated rings. The van der Waals surface area contributed by atoms with Gasteiger partial charge < -0.3 is 15.7 Å².